The summed E-state index contributed by atoms with van der Waals surface area (Å²) in [6.45, 7) is 4.40. The van der Waals surface area contributed by atoms with Crippen molar-refractivity contribution in [2.45, 2.75) is 64.3 Å². The summed E-state index contributed by atoms with van der Waals surface area (Å²) in [7, 11) is 0. The van der Waals surface area contributed by atoms with Crippen molar-refractivity contribution in [3.8, 4) is 0 Å². The quantitative estimate of drug-likeness (QED) is 0.744. The lowest BCUT2D eigenvalue weighted by Gasteiger charge is -2.31. The number of anilines is 2. The number of likely N-dealkylation sites (tertiary alicyclic amines) is 1. The number of nitrogens with one attached hydrogen (secondary N) is 2. The van der Waals surface area contributed by atoms with Gasteiger partial charge in [0.25, 0.3) is 5.91 Å². The molecule has 0 bridgehead atoms. The zero-order chi connectivity index (χ0) is 21.1. The van der Waals surface area contributed by atoms with Crippen LogP contribution in [0.15, 0.2) is 0 Å². The third-order valence-electron chi connectivity index (χ3n) is 6.34. The Morgan fingerprint density at radius 2 is 1.63 bits per heavy atom. The van der Waals surface area contributed by atoms with Gasteiger partial charge in [-0.25, -0.2) is 4.98 Å². The van der Waals surface area contributed by atoms with Crippen LogP contribution in [0.3, 0.4) is 0 Å². The van der Waals surface area contributed by atoms with Crippen LogP contribution in [0, 0.1) is 5.92 Å². The lowest BCUT2D eigenvalue weighted by Crippen LogP contribution is -2.43. The van der Waals surface area contributed by atoms with Gasteiger partial charge in [0.05, 0.1) is 0 Å². The summed E-state index contributed by atoms with van der Waals surface area (Å²) in [4.78, 5) is 46.2. The number of amides is 3. The molecule has 3 heterocycles. The van der Waals surface area contributed by atoms with Gasteiger partial charge < -0.3 is 20.4 Å². The molecular formula is C21H31N5O3S. The number of rotatable bonds is 5. The fraction of sp³-hybridized carbons (Fsp3) is 0.714. The highest BCUT2D eigenvalue weighted by atomic mass is 32.1. The van der Waals surface area contributed by atoms with E-state index in [0.717, 1.165) is 69.8 Å². The summed E-state index contributed by atoms with van der Waals surface area (Å²) < 4.78 is 0. The van der Waals surface area contributed by atoms with Crippen LogP contribution in [0.4, 0.5) is 10.9 Å². The molecule has 0 atom stereocenters. The van der Waals surface area contributed by atoms with Crippen molar-refractivity contribution >= 4 is 40.0 Å². The van der Waals surface area contributed by atoms with Gasteiger partial charge in [-0.2, -0.15) is 0 Å². The van der Waals surface area contributed by atoms with Crippen LogP contribution in [-0.4, -0.2) is 59.8 Å². The van der Waals surface area contributed by atoms with E-state index in [4.69, 9.17) is 0 Å². The smallest absolute Gasteiger partial charge is 0.267 e. The van der Waals surface area contributed by atoms with Crippen molar-refractivity contribution in [3.05, 3.63) is 4.88 Å². The summed E-state index contributed by atoms with van der Waals surface area (Å²) in [5.41, 5.74) is 0. The lowest BCUT2D eigenvalue weighted by atomic mass is 9.96. The number of carbonyl (C=O) groups is 3. The van der Waals surface area contributed by atoms with Crippen molar-refractivity contribution < 1.29 is 14.4 Å². The summed E-state index contributed by atoms with van der Waals surface area (Å²) >= 11 is 1.35. The Morgan fingerprint density at radius 3 is 2.27 bits per heavy atom. The maximum absolute atomic E-state index is 12.9. The topological polar surface area (TPSA) is 94.6 Å². The van der Waals surface area contributed by atoms with E-state index >= 15 is 0 Å². The van der Waals surface area contributed by atoms with Crippen LogP contribution in [0.5, 0.6) is 0 Å². The SMILES string of the molecule is CC(=O)Nc1nc(N2CCC(C(=O)NC3CCCC3)CC2)sc1C(=O)N1CCCC1. The Morgan fingerprint density at radius 1 is 0.967 bits per heavy atom. The molecule has 30 heavy (non-hydrogen) atoms. The standard InChI is InChI=1S/C21H31N5O3S/c1-14(27)22-18-17(20(29)25-10-4-5-11-25)30-21(24-18)26-12-8-15(9-13-26)19(28)23-16-6-2-3-7-16/h15-16H,2-13H2,1H3,(H,22,27)(H,23,28). The number of hydrogen-bond donors (Lipinski definition) is 2. The van der Waals surface area contributed by atoms with Gasteiger partial charge in [-0.15, -0.1) is 0 Å². The molecule has 4 rings (SSSR count). The van der Waals surface area contributed by atoms with Crippen LogP contribution in [0.1, 0.15) is 68.0 Å². The average molecular weight is 434 g/mol. The summed E-state index contributed by atoms with van der Waals surface area (Å²) in [6.07, 6.45) is 8.22. The predicted molar refractivity (Wildman–Crippen MR) is 117 cm³/mol. The molecule has 0 spiro atoms. The predicted octanol–water partition coefficient (Wildman–Crippen LogP) is 2.61. The van der Waals surface area contributed by atoms with Crippen molar-refractivity contribution in [1.29, 1.82) is 0 Å². The Balaban J connectivity index is 1.40. The maximum Gasteiger partial charge on any atom is 0.267 e. The molecule has 1 saturated carbocycles. The van der Waals surface area contributed by atoms with Crippen LogP contribution in [0.25, 0.3) is 0 Å². The Labute approximate surface area is 181 Å². The molecule has 2 saturated heterocycles. The zero-order valence-electron chi connectivity index (χ0n) is 17.6. The minimum absolute atomic E-state index is 0.0438. The fourth-order valence-electron chi connectivity index (χ4n) is 4.63. The molecule has 8 nitrogen and oxygen atoms in total. The molecule has 0 unspecified atom stereocenters. The van der Waals surface area contributed by atoms with E-state index in [-0.39, 0.29) is 23.6 Å². The molecule has 3 aliphatic rings. The summed E-state index contributed by atoms with van der Waals surface area (Å²) in [5.74, 6) is 0.308. The second-order valence-electron chi connectivity index (χ2n) is 8.61. The zero-order valence-corrected chi connectivity index (χ0v) is 18.4. The van der Waals surface area contributed by atoms with E-state index in [1.807, 2.05) is 4.90 Å². The van der Waals surface area contributed by atoms with Crippen molar-refractivity contribution in [2.24, 2.45) is 5.92 Å². The van der Waals surface area contributed by atoms with Gasteiger partial charge in [-0.1, -0.05) is 24.2 Å². The van der Waals surface area contributed by atoms with Gasteiger partial charge in [0, 0.05) is 45.1 Å². The van der Waals surface area contributed by atoms with Gasteiger partial charge in [-0.05, 0) is 38.5 Å². The number of aromatic nitrogens is 1. The highest BCUT2D eigenvalue weighted by Gasteiger charge is 2.31. The van der Waals surface area contributed by atoms with Gasteiger partial charge >= 0.3 is 0 Å². The van der Waals surface area contributed by atoms with Crippen molar-refractivity contribution in [3.63, 3.8) is 0 Å². The van der Waals surface area contributed by atoms with Crippen molar-refractivity contribution in [1.82, 2.24) is 15.2 Å². The molecular weight excluding hydrogens is 402 g/mol. The van der Waals surface area contributed by atoms with Crippen LogP contribution < -0.4 is 15.5 Å². The first kappa shape index (κ1) is 21.1. The third-order valence-corrected chi connectivity index (χ3v) is 7.44. The molecule has 0 aromatic carbocycles. The van der Waals surface area contributed by atoms with Crippen LogP contribution >= 0.6 is 11.3 Å². The number of carbonyl (C=O) groups excluding carboxylic acids is 3. The van der Waals surface area contributed by atoms with E-state index in [1.54, 1.807) is 0 Å². The number of thiazole rings is 1. The Hall–Kier alpha value is -2.16. The molecule has 3 fully saturated rings. The molecule has 9 heteroatoms. The Kier molecular flexibility index (Phi) is 6.55. The first-order valence-corrected chi connectivity index (χ1v) is 12.0. The first-order valence-electron chi connectivity index (χ1n) is 11.1. The van der Waals surface area contributed by atoms with Gasteiger partial charge in [0.2, 0.25) is 11.8 Å². The molecule has 1 aromatic rings. The number of piperidine rings is 1. The molecule has 2 N–H and O–H groups in total. The van der Waals surface area contributed by atoms with Gasteiger partial charge in [0.15, 0.2) is 10.9 Å². The number of hydrogen-bond acceptors (Lipinski definition) is 6. The fourth-order valence-corrected chi connectivity index (χ4v) is 5.67. The molecule has 3 amide bonds. The Bertz CT molecular complexity index is 791. The van der Waals surface area contributed by atoms with Crippen LogP contribution in [0.2, 0.25) is 0 Å². The lowest BCUT2D eigenvalue weighted by molar-refractivity contribution is -0.126. The average Bonchev–Trinajstić information content (AvgIpc) is 3.49. The molecule has 1 aliphatic carbocycles. The highest BCUT2D eigenvalue weighted by Crippen LogP contribution is 2.34. The van der Waals surface area contributed by atoms with E-state index < -0.39 is 0 Å². The van der Waals surface area contributed by atoms with E-state index in [2.05, 4.69) is 20.5 Å². The minimum atomic E-state index is -0.232. The molecule has 164 valence electrons. The highest BCUT2D eigenvalue weighted by molar-refractivity contribution is 7.18. The second-order valence-corrected chi connectivity index (χ2v) is 9.58. The minimum Gasteiger partial charge on any atom is -0.353 e. The monoisotopic (exact) mass is 433 g/mol. The van der Waals surface area contributed by atoms with E-state index in [1.165, 1.54) is 31.1 Å². The number of nitrogens with zero attached hydrogens (tertiary/aromatic N) is 3. The normalized spacial score (nSPS) is 20.6. The van der Waals surface area contributed by atoms with Gasteiger partial charge in [0.1, 0.15) is 4.88 Å². The van der Waals surface area contributed by atoms with Crippen molar-refractivity contribution in [2.75, 3.05) is 36.4 Å². The van der Waals surface area contributed by atoms with Crippen LogP contribution in [-0.2, 0) is 9.59 Å². The van der Waals surface area contributed by atoms with Gasteiger partial charge in [-0.3, -0.25) is 14.4 Å². The molecule has 2 aliphatic heterocycles. The second kappa shape index (κ2) is 9.32. The molecule has 0 radical (unpaired) electrons. The van der Waals surface area contributed by atoms with E-state index in [9.17, 15) is 14.4 Å². The largest absolute Gasteiger partial charge is 0.353 e. The first-order chi connectivity index (χ1) is 14.5. The third kappa shape index (κ3) is 4.77. The van der Waals surface area contributed by atoms with E-state index in [0.29, 0.717) is 16.7 Å². The summed E-state index contributed by atoms with van der Waals surface area (Å²) in [6, 6.07) is 0.355. The molecule has 1 aromatic heterocycles. The maximum atomic E-state index is 12.9. The summed E-state index contributed by atoms with van der Waals surface area (Å²) in [5, 5.41) is 6.69.